The lowest BCUT2D eigenvalue weighted by atomic mass is 9.93. The predicted molar refractivity (Wildman–Crippen MR) is 81.9 cm³/mol. The van der Waals surface area contributed by atoms with Crippen LogP contribution in [-0.4, -0.2) is 6.54 Å². The van der Waals surface area contributed by atoms with Gasteiger partial charge in [0, 0.05) is 12.2 Å². The average Bonchev–Trinajstić information content (AvgIpc) is 2.38. The standard InChI is InChI=1S/C17H20N2/c1-12-10-14-7-3-4-9-16(14)19(11-12)17-13(2)6-5-8-15(17)18/h3-9,12H,10-11,18H2,1-2H3. The molecule has 1 atom stereocenters. The number of hydrogen-bond acceptors (Lipinski definition) is 2. The lowest BCUT2D eigenvalue weighted by Crippen LogP contribution is -2.31. The Labute approximate surface area is 114 Å². The van der Waals surface area contributed by atoms with Crippen LogP contribution in [0.25, 0.3) is 0 Å². The largest absolute Gasteiger partial charge is 0.397 e. The van der Waals surface area contributed by atoms with E-state index in [0.29, 0.717) is 5.92 Å². The minimum absolute atomic E-state index is 0.647. The molecule has 3 rings (SSSR count). The number of rotatable bonds is 1. The number of anilines is 3. The van der Waals surface area contributed by atoms with E-state index in [0.717, 1.165) is 18.7 Å². The molecule has 1 aliphatic rings. The Kier molecular flexibility index (Phi) is 2.94. The molecule has 1 unspecified atom stereocenters. The second-order valence-electron chi connectivity index (χ2n) is 5.56. The second kappa shape index (κ2) is 4.61. The zero-order chi connectivity index (χ0) is 13.4. The molecule has 2 nitrogen and oxygen atoms in total. The summed E-state index contributed by atoms with van der Waals surface area (Å²) in [6, 6.07) is 14.8. The summed E-state index contributed by atoms with van der Waals surface area (Å²) in [5.74, 6) is 0.647. The van der Waals surface area contributed by atoms with Gasteiger partial charge in [-0.05, 0) is 42.5 Å². The molecule has 0 fully saturated rings. The first-order chi connectivity index (χ1) is 9.16. The molecule has 0 spiro atoms. The minimum Gasteiger partial charge on any atom is -0.397 e. The highest BCUT2D eigenvalue weighted by Gasteiger charge is 2.24. The van der Waals surface area contributed by atoms with Crippen LogP contribution in [0.5, 0.6) is 0 Å². The minimum atomic E-state index is 0.647. The van der Waals surface area contributed by atoms with Gasteiger partial charge in [0.05, 0.1) is 11.4 Å². The topological polar surface area (TPSA) is 29.3 Å². The molecule has 2 aromatic rings. The van der Waals surface area contributed by atoms with E-state index in [1.54, 1.807) is 0 Å². The fraction of sp³-hybridized carbons (Fsp3) is 0.294. The van der Waals surface area contributed by atoms with E-state index in [-0.39, 0.29) is 0 Å². The molecule has 0 amide bonds. The molecule has 98 valence electrons. The van der Waals surface area contributed by atoms with Gasteiger partial charge in [0.15, 0.2) is 0 Å². The molecule has 0 radical (unpaired) electrons. The van der Waals surface area contributed by atoms with E-state index in [4.69, 9.17) is 5.73 Å². The lowest BCUT2D eigenvalue weighted by molar-refractivity contribution is 0.562. The zero-order valence-electron chi connectivity index (χ0n) is 11.6. The first-order valence-electron chi connectivity index (χ1n) is 6.87. The van der Waals surface area contributed by atoms with Crippen LogP contribution in [-0.2, 0) is 6.42 Å². The van der Waals surface area contributed by atoms with Gasteiger partial charge in [-0.25, -0.2) is 0 Å². The molecule has 0 saturated carbocycles. The van der Waals surface area contributed by atoms with Crippen LogP contribution < -0.4 is 10.6 Å². The van der Waals surface area contributed by atoms with Crippen LogP contribution in [0.15, 0.2) is 42.5 Å². The Hall–Kier alpha value is -1.96. The normalized spacial score (nSPS) is 18.2. The maximum Gasteiger partial charge on any atom is 0.0674 e. The van der Waals surface area contributed by atoms with Gasteiger partial charge in [-0.1, -0.05) is 37.3 Å². The van der Waals surface area contributed by atoms with Crippen molar-refractivity contribution in [2.24, 2.45) is 5.92 Å². The van der Waals surface area contributed by atoms with Crippen molar-refractivity contribution in [3.63, 3.8) is 0 Å². The van der Waals surface area contributed by atoms with Crippen molar-refractivity contribution in [1.82, 2.24) is 0 Å². The summed E-state index contributed by atoms with van der Waals surface area (Å²) >= 11 is 0. The van der Waals surface area contributed by atoms with Gasteiger partial charge in [0.2, 0.25) is 0 Å². The summed E-state index contributed by atoms with van der Waals surface area (Å²) in [5, 5.41) is 0. The van der Waals surface area contributed by atoms with Crippen molar-refractivity contribution in [3.05, 3.63) is 53.6 Å². The van der Waals surface area contributed by atoms with Gasteiger partial charge >= 0.3 is 0 Å². The van der Waals surface area contributed by atoms with Crippen LogP contribution in [0.1, 0.15) is 18.1 Å². The predicted octanol–water partition coefficient (Wildman–Crippen LogP) is 3.91. The first-order valence-corrected chi connectivity index (χ1v) is 6.87. The van der Waals surface area contributed by atoms with Gasteiger partial charge in [-0.15, -0.1) is 0 Å². The number of aryl methyl sites for hydroxylation is 1. The highest BCUT2D eigenvalue weighted by molar-refractivity contribution is 5.79. The van der Waals surface area contributed by atoms with Crippen molar-refractivity contribution in [2.45, 2.75) is 20.3 Å². The molecule has 1 heterocycles. The van der Waals surface area contributed by atoms with Crippen molar-refractivity contribution >= 4 is 17.1 Å². The van der Waals surface area contributed by atoms with Crippen LogP contribution >= 0.6 is 0 Å². The van der Waals surface area contributed by atoms with Gasteiger partial charge in [0.25, 0.3) is 0 Å². The number of nitrogen functional groups attached to an aromatic ring is 1. The average molecular weight is 252 g/mol. The molecule has 2 N–H and O–H groups in total. The number of para-hydroxylation sites is 2. The van der Waals surface area contributed by atoms with Crippen LogP contribution in [0.4, 0.5) is 17.1 Å². The van der Waals surface area contributed by atoms with Crippen LogP contribution in [0, 0.1) is 12.8 Å². The summed E-state index contributed by atoms with van der Waals surface area (Å²) in [6.07, 6.45) is 1.15. The Bertz CT molecular complexity index is 584. The van der Waals surface area contributed by atoms with Gasteiger partial charge < -0.3 is 10.6 Å². The molecular weight excluding hydrogens is 232 g/mol. The molecule has 0 aliphatic carbocycles. The SMILES string of the molecule is Cc1cccc(N)c1N1CC(C)Cc2ccccc21. The van der Waals surface area contributed by atoms with E-state index in [2.05, 4.69) is 49.1 Å². The van der Waals surface area contributed by atoms with Crippen molar-refractivity contribution < 1.29 is 0 Å². The molecule has 1 aliphatic heterocycles. The zero-order valence-corrected chi connectivity index (χ0v) is 11.6. The first kappa shape index (κ1) is 12.1. The number of benzene rings is 2. The van der Waals surface area contributed by atoms with Gasteiger partial charge in [-0.2, -0.15) is 0 Å². The summed E-state index contributed by atoms with van der Waals surface area (Å²) in [7, 11) is 0. The van der Waals surface area contributed by atoms with E-state index in [1.165, 1.54) is 22.5 Å². The van der Waals surface area contributed by atoms with Crippen LogP contribution in [0.3, 0.4) is 0 Å². The number of nitrogens with zero attached hydrogens (tertiary/aromatic N) is 1. The highest BCUT2D eigenvalue weighted by atomic mass is 15.2. The highest BCUT2D eigenvalue weighted by Crippen LogP contribution is 2.39. The van der Waals surface area contributed by atoms with Crippen LogP contribution in [0.2, 0.25) is 0 Å². The third kappa shape index (κ3) is 2.07. The smallest absolute Gasteiger partial charge is 0.0674 e. The molecule has 0 aromatic heterocycles. The molecule has 0 saturated heterocycles. The maximum atomic E-state index is 6.21. The van der Waals surface area contributed by atoms with Crippen molar-refractivity contribution in [3.8, 4) is 0 Å². The third-order valence-corrected chi connectivity index (χ3v) is 3.88. The molecule has 2 heteroatoms. The number of hydrogen-bond donors (Lipinski definition) is 1. The number of fused-ring (bicyclic) bond motifs is 1. The molecule has 0 bridgehead atoms. The Balaban J connectivity index is 2.16. The summed E-state index contributed by atoms with van der Waals surface area (Å²) in [5.41, 5.74) is 12.2. The second-order valence-corrected chi connectivity index (χ2v) is 5.56. The van der Waals surface area contributed by atoms with E-state index in [1.807, 2.05) is 12.1 Å². The lowest BCUT2D eigenvalue weighted by Gasteiger charge is -2.36. The quantitative estimate of drug-likeness (QED) is 0.780. The monoisotopic (exact) mass is 252 g/mol. The molecule has 19 heavy (non-hydrogen) atoms. The fourth-order valence-corrected chi connectivity index (χ4v) is 3.06. The third-order valence-electron chi connectivity index (χ3n) is 3.88. The summed E-state index contributed by atoms with van der Waals surface area (Å²) < 4.78 is 0. The van der Waals surface area contributed by atoms with Gasteiger partial charge in [0.1, 0.15) is 0 Å². The Morgan fingerprint density at radius 1 is 1.11 bits per heavy atom. The van der Waals surface area contributed by atoms with E-state index >= 15 is 0 Å². The molecule has 2 aromatic carbocycles. The van der Waals surface area contributed by atoms with E-state index in [9.17, 15) is 0 Å². The summed E-state index contributed by atoms with van der Waals surface area (Å²) in [4.78, 5) is 2.38. The van der Waals surface area contributed by atoms with Crippen molar-refractivity contribution in [1.29, 1.82) is 0 Å². The Morgan fingerprint density at radius 3 is 2.68 bits per heavy atom. The number of nitrogens with two attached hydrogens (primary N) is 1. The van der Waals surface area contributed by atoms with E-state index < -0.39 is 0 Å². The van der Waals surface area contributed by atoms with Gasteiger partial charge in [-0.3, -0.25) is 0 Å². The fourth-order valence-electron chi connectivity index (χ4n) is 3.06. The Morgan fingerprint density at radius 2 is 1.89 bits per heavy atom. The summed E-state index contributed by atoms with van der Waals surface area (Å²) in [6.45, 7) is 5.47. The molecular formula is C17H20N2. The van der Waals surface area contributed by atoms with Crippen molar-refractivity contribution in [2.75, 3.05) is 17.2 Å². The maximum absolute atomic E-state index is 6.21.